The summed E-state index contributed by atoms with van der Waals surface area (Å²) in [4.78, 5) is 17.3. The molecule has 2 unspecified atom stereocenters. The van der Waals surface area contributed by atoms with Gasteiger partial charge in [0.15, 0.2) is 0 Å². The predicted molar refractivity (Wildman–Crippen MR) is 129 cm³/mol. The number of fused-ring (bicyclic) bond motifs is 2. The number of likely N-dealkylation sites (tertiary alicyclic amines) is 2. The van der Waals surface area contributed by atoms with Gasteiger partial charge in [-0.15, -0.1) is 0 Å². The fourth-order valence-corrected chi connectivity index (χ4v) is 5.42. The second kappa shape index (κ2) is 10.2. The molecule has 5 nitrogen and oxygen atoms in total. The van der Waals surface area contributed by atoms with Crippen molar-refractivity contribution >= 4 is 5.91 Å². The number of carbonyl (C=O) groups excluding carboxylic acids is 1. The SMILES string of the molecule is Cc1c(OCCCCN)ccc([C@H](C)N2CC3CC2CN3C(=O)c2ccc(C(F)(F)F)cc2)c1C. The zero-order chi connectivity index (χ0) is 25.3. The summed E-state index contributed by atoms with van der Waals surface area (Å²) in [7, 11) is 0. The molecule has 0 spiro atoms. The summed E-state index contributed by atoms with van der Waals surface area (Å²) in [6.07, 6.45) is -1.64. The lowest BCUT2D eigenvalue weighted by Crippen LogP contribution is -2.49. The Kier molecular flexibility index (Phi) is 7.43. The van der Waals surface area contributed by atoms with E-state index in [2.05, 4.69) is 31.7 Å². The number of hydrogen-bond acceptors (Lipinski definition) is 4. The molecule has 2 heterocycles. The highest BCUT2D eigenvalue weighted by molar-refractivity contribution is 5.94. The second-order valence-corrected chi connectivity index (χ2v) is 9.70. The van der Waals surface area contributed by atoms with Crippen LogP contribution in [-0.2, 0) is 6.18 Å². The number of unbranched alkanes of at least 4 members (excludes halogenated alkanes) is 1. The molecule has 0 aliphatic carbocycles. The lowest BCUT2D eigenvalue weighted by molar-refractivity contribution is -0.137. The molecule has 0 aromatic heterocycles. The van der Waals surface area contributed by atoms with Crippen LogP contribution in [0, 0.1) is 13.8 Å². The number of ether oxygens (including phenoxy) is 1. The van der Waals surface area contributed by atoms with Crippen LogP contribution < -0.4 is 10.5 Å². The molecule has 2 aliphatic heterocycles. The van der Waals surface area contributed by atoms with Gasteiger partial charge in [-0.05, 0) is 93.6 Å². The minimum Gasteiger partial charge on any atom is -0.493 e. The van der Waals surface area contributed by atoms with Crippen LogP contribution in [0.1, 0.15) is 64.8 Å². The number of halogens is 3. The lowest BCUT2D eigenvalue weighted by atomic mass is 9.96. The maximum atomic E-state index is 13.0. The molecule has 1 amide bonds. The maximum Gasteiger partial charge on any atom is 0.416 e. The van der Waals surface area contributed by atoms with E-state index in [9.17, 15) is 18.0 Å². The summed E-state index contributed by atoms with van der Waals surface area (Å²) < 4.78 is 44.5. The summed E-state index contributed by atoms with van der Waals surface area (Å²) in [6.45, 7) is 9.09. The van der Waals surface area contributed by atoms with Gasteiger partial charge in [-0.1, -0.05) is 6.07 Å². The van der Waals surface area contributed by atoms with Crippen molar-refractivity contribution in [1.29, 1.82) is 0 Å². The number of nitrogens with two attached hydrogens (primary N) is 1. The molecule has 3 atom stereocenters. The fourth-order valence-electron chi connectivity index (χ4n) is 5.42. The third-order valence-corrected chi connectivity index (χ3v) is 7.59. The molecule has 2 aromatic rings. The average Bonchev–Trinajstić information content (AvgIpc) is 3.44. The first-order valence-corrected chi connectivity index (χ1v) is 12.3. The number of hydrogen-bond donors (Lipinski definition) is 1. The molecule has 2 saturated heterocycles. The highest BCUT2D eigenvalue weighted by atomic mass is 19.4. The van der Waals surface area contributed by atoms with Crippen LogP contribution in [-0.4, -0.2) is 54.0 Å². The van der Waals surface area contributed by atoms with E-state index in [4.69, 9.17) is 10.5 Å². The first kappa shape index (κ1) is 25.5. The summed E-state index contributed by atoms with van der Waals surface area (Å²) in [5, 5.41) is 0. The van der Waals surface area contributed by atoms with Crippen LogP contribution in [0.5, 0.6) is 5.75 Å². The van der Waals surface area contributed by atoms with Gasteiger partial charge in [-0.25, -0.2) is 0 Å². The minimum atomic E-state index is -4.41. The van der Waals surface area contributed by atoms with Gasteiger partial charge >= 0.3 is 6.18 Å². The molecule has 2 aromatic carbocycles. The number of piperazine rings is 1. The van der Waals surface area contributed by atoms with E-state index in [1.807, 2.05) is 11.0 Å². The van der Waals surface area contributed by atoms with E-state index >= 15 is 0 Å². The molecule has 0 radical (unpaired) electrons. The van der Waals surface area contributed by atoms with Gasteiger partial charge in [0.05, 0.1) is 12.2 Å². The smallest absolute Gasteiger partial charge is 0.416 e. The van der Waals surface area contributed by atoms with E-state index in [0.29, 0.717) is 25.3 Å². The quantitative estimate of drug-likeness (QED) is 0.524. The third-order valence-electron chi connectivity index (χ3n) is 7.59. The number of nitrogens with zero attached hydrogens (tertiary/aromatic N) is 2. The average molecular weight is 490 g/mol. The Balaban J connectivity index is 1.40. The van der Waals surface area contributed by atoms with Crippen LogP contribution in [0.15, 0.2) is 36.4 Å². The molecule has 0 saturated carbocycles. The number of carbonyl (C=O) groups is 1. The first-order valence-electron chi connectivity index (χ1n) is 12.3. The highest BCUT2D eigenvalue weighted by Crippen LogP contribution is 2.39. The first-order chi connectivity index (χ1) is 16.6. The molecule has 35 heavy (non-hydrogen) atoms. The maximum absolute atomic E-state index is 13.0. The van der Waals surface area contributed by atoms with Crippen molar-refractivity contribution in [3.05, 3.63) is 64.2 Å². The molecular weight excluding hydrogens is 455 g/mol. The number of rotatable bonds is 8. The molecular formula is C27H34F3N3O2. The Morgan fingerprint density at radius 3 is 2.37 bits per heavy atom. The van der Waals surface area contributed by atoms with E-state index < -0.39 is 11.7 Å². The van der Waals surface area contributed by atoms with E-state index in [-0.39, 0.29) is 24.0 Å². The van der Waals surface area contributed by atoms with Crippen LogP contribution >= 0.6 is 0 Å². The van der Waals surface area contributed by atoms with E-state index in [1.54, 1.807) is 0 Å². The van der Waals surface area contributed by atoms with Crippen LogP contribution in [0.4, 0.5) is 13.2 Å². The molecule has 2 bridgehead atoms. The zero-order valence-electron chi connectivity index (χ0n) is 20.6. The normalized spacial score (nSPS) is 20.9. The largest absolute Gasteiger partial charge is 0.493 e. The monoisotopic (exact) mass is 489 g/mol. The van der Waals surface area contributed by atoms with Gasteiger partial charge in [-0.2, -0.15) is 13.2 Å². The molecule has 2 aliphatic rings. The number of benzene rings is 2. The van der Waals surface area contributed by atoms with Crippen LogP contribution in [0.3, 0.4) is 0 Å². The highest BCUT2D eigenvalue weighted by Gasteiger charge is 2.47. The Labute approximate surface area is 205 Å². The molecule has 8 heteroatoms. The minimum absolute atomic E-state index is 0.0730. The van der Waals surface area contributed by atoms with Gasteiger partial charge in [0, 0.05) is 36.8 Å². The Bertz CT molecular complexity index is 1050. The lowest BCUT2D eigenvalue weighted by Gasteiger charge is -2.38. The van der Waals surface area contributed by atoms with E-state index in [0.717, 1.165) is 49.3 Å². The van der Waals surface area contributed by atoms with Crippen LogP contribution in [0.25, 0.3) is 0 Å². The van der Waals surface area contributed by atoms with Gasteiger partial charge in [0.2, 0.25) is 0 Å². The van der Waals surface area contributed by atoms with Crippen molar-refractivity contribution in [1.82, 2.24) is 9.80 Å². The predicted octanol–water partition coefficient (Wildman–Crippen LogP) is 5.10. The van der Waals surface area contributed by atoms with Crippen molar-refractivity contribution in [2.75, 3.05) is 26.2 Å². The van der Waals surface area contributed by atoms with Gasteiger partial charge < -0.3 is 15.4 Å². The number of alkyl halides is 3. The zero-order valence-corrected chi connectivity index (χ0v) is 20.6. The topological polar surface area (TPSA) is 58.8 Å². The van der Waals surface area contributed by atoms with Gasteiger partial charge in [0.25, 0.3) is 5.91 Å². The molecule has 4 rings (SSSR count). The molecule has 190 valence electrons. The Morgan fingerprint density at radius 2 is 1.77 bits per heavy atom. The van der Waals surface area contributed by atoms with Gasteiger partial charge in [0.1, 0.15) is 5.75 Å². The second-order valence-electron chi connectivity index (χ2n) is 9.70. The van der Waals surface area contributed by atoms with Crippen molar-refractivity contribution in [2.45, 2.75) is 64.3 Å². The standard InChI is InChI=1S/C27H34F3N3O2/c1-17-18(2)25(35-13-5-4-12-31)11-10-24(17)19(3)32-15-23-14-22(32)16-33(23)26(34)20-6-8-21(9-7-20)27(28,29)30/h6-11,19,22-23H,4-5,12-16,31H2,1-3H3/t19-,22?,23?/m0/s1. The summed E-state index contributed by atoms with van der Waals surface area (Å²) in [5.41, 5.74) is 8.73. The number of amides is 1. The Hall–Kier alpha value is -2.58. The van der Waals surface area contributed by atoms with E-state index in [1.165, 1.54) is 23.3 Å². The molecule has 2 fully saturated rings. The van der Waals surface area contributed by atoms with Crippen LogP contribution in [0.2, 0.25) is 0 Å². The van der Waals surface area contributed by atoms with Crippen molar-refractivity contribution < 1.29 is 22.7 Å². The summed E-state index contributed by atoms with van der Waals surface area (Å²) >= 11 is 0. The summed E-state index contributed by atoms with van der Waals surface area (Å²) in [6, 6.07) is 9.21. The fraction of sp³-hybridized carbons (Fsp3) is 0.519. The molecule has 2 N–H and O–H groups in total. The van der Waals surface area contributed by atoms with Crippen molar-refractivity contribution in [3.63, 3.8) is 0 Å². The van der Waals surface area contributed by atoms with Gasteiger partial charge in [-0.3, -0.25) is 9.69 Å². The van der Waals surface area contributed by atoms with Crippen molar-refractivity contribution in [3.8, 4) is 5.75 Å². The Morgan fingerprint density at radius 1 is 1.06 bits per heavy atom. The summed E-state index contributed by atoms with van der Waals surface area (Å²) in [5.74, 6) is 0.716. The van der Waals surface area contributed by atoms with Crippen molar-refractivity contribution in [2.24, 2.45) is 5.73 Å². The third kappa shape index (κ3) is 5.19.